The number of halogens is 1. The van der Waals surface area contributed by atoms with E-state index in [1.807, 2.05) is 0 Å². The van der Waals surface area contributed by atoms with Crippen molar-refractivity contribution in [3.05, 3.63) is 44.6 Å². The van der Waals surface area contributed by atoms with Gasteiger partial charge in [-0.2, -0.15) is 0 Å². The summed E-state index contributed by atoms with van der Waals surface area (Å²) < 4.78 is 10.9. The number of hydrazine groups is 1. The van der Waals surface area contributed by atoms with Crippen LogP contribution in [0.25, 0.3) is 0 Å². The third-order valence-corrected chi connectivity index (χ3v) is 4.39. The van der Waals surface area contributed by atoms with Gasteiger partial charge in [-0.1, -0.05) is 6.07 Å². The van der Waals surface area contributed by atoms with Crippen LogP contribution in [0.2, 0.25) is 0 Å². The van der Waals surface area contributed by atoms with Gasteiger partial charge in [0.15, 0.2) is 0 Å². The number of rotatable bonds is 4. The maximum absolute atomic E-state index is 12.1. The number of thiophene rings is 1. The van der Waals surface area contributed by atoms with Gasteiger partial charge in [0.1, 0.15) is 16.0 Å². The van der Waals surface area contributed by atoms with Crippen molar-refractivity contribution in [2.45, 2.75) is 0 Å². The standard InChI is InChI=1S/C14H13BrN2O4S/c1-20-9-6-8(7-10(21-2)12(9)15)13(18)16-17-14(19)11-4-3-5-22-11/h3-7H,1-2H3,(H,16,18)(H,17,19). The molecule has 0 aliphatic rings. The molecule has 0 saturated heterocycles. The molecule has 0 aliphatic heterocycles. The lowest BCUT2D eigenvalue weighted by Crippen LogP contribution is -2.41. The van der Waals surface area contributed by atoms with Crippen LogP contribution in [0.15, 0.2) is 34.1 Å². The lowest BCUT2D eigenvalue weighted by Gasteiger charge is -2.12. The van der Waals surface area contributed by atoms with Gasteiger partial charge in [0.05, 0.1) is 19.1 Å². The third-order valence-electron chi connectivity index (χ3n) is 2.74. The Labute approximate surface area is 139 Å². The first-order chi connectivity index (χ1) is 10.6. The first-order valence-corrected chi connectivity index (χ1v) is 7.79. The molecule has 0 fully saturated rings. The molecule has 2 amide bonds. The number of nitrogens with one attached hydrogen (secondary N) is 2. The van der Waals surface area contributed by atoms with Crippen molar-refractivity contribution in [3.8, 4) is 11.5 Å². The van der Waals surface area contributed by atoms with Gasteiger partial charge in [-0.05, 0) is 39.5 Å². The summed E-state index contributed by atoms with van der Waals surface area (Å²) in [6, 6.07) is 6.50. The van der Waals surface area contributed by atoms with Crippen molar-refractivity contribution >= 4 is 39.1 Å². The normalized spacial score (nSPS) is 9.95. The smallest absolute Gasteiger partial charge is 0.279 e. The van der Waals surface area contributed by atoms with Crippen molar-refractivity contribution in [3.63, 3.8) is 0 Å². The van der Waals surface area contributed by atoms with Gasteiger partial charge in [0, 0.05) is 5.56 Å². The molecule has 1 heterocycles. The average Bonchev–Trinajstić information content (AvgIpc) is 3.07. The topological polar surface area (TPSA) is 76.7 Å². The van der Waals surface area contributed by atoms with E-state index in [4.69, 9.17) is 9.47 Å². The summed E-state index contributed by atoms with van der Waals surface area (Å²) >= 11 is 4.61. The van der Waals surface area contributed by atoms with Crippen molar-refractivity contribution in [1.29, 1.82) is 0 Å². The first-order valence-electron chi connectivity index (χ1n) is 6.12. The second-order valence-corrected chi connectivity index (χ2v) is 5.82. The van der Waals surface area contributed by atoms with Crippen molar-refractivity contribution < 1.29 is 19.1 Å². The summed E-state index contributed by atoms with van der Waals surface area (Å²) in [7, 11) is 2.97. The molecular weight excluding hydrogens is 372 g/mol. The molecule has 0 atom stereocenters. The highest BCUT2D eigenvalue weighted by Gasteiger charge is 2.15. The van der Waals surface area contributed by atoms with Crippen molar-refractivity contribution in [1.82, 2.24) is 10.9 Å². The molecule has 0 saturated carbocycles. The van der Waals surface area contributed by atoms with E-state index in [1.54, 1.807) is 29.6 Å². The van der Waals surface area contributed by atoms with E-state index in [0.29, 0.717) is 26.4 Å². The number of hydrogen-bond acceptors (Lipinski definition) is 5. The number of hydrogen-bond donors (Lipinski definition) is 2. The molecular formula is C14H13BrN2O4S. The molecule has 0 radical (unpaired) electrons. The van der Waals surface area contributed by atoms with Gasteiger partial charge in [-0.25, -0.2) is 0 Å². The van der Waals surface area contributed by atoms with E-state index in [1.165, 1.54) is 25.6 Å². The fraction of sp³-hybridized carbons (Fsp3) is 0.143. The minimum Gasteiger partial charge on any atom is -0.495 e. The Bertz CT molecular complexity index is 663. The Morgan fingerprint density at radius 1 is 1.09 bits per heavy atom. The predicted molar refractivity (Wildman–Crippen MR) is 86.5 cm³/mol. The third kappa shape index (κ3) is 3.58. The molecule has 0 spiro atoms. The molecule has 1 aromatic carbocycles. The molecule has 1 aromatic heterocycles. The van der Waals surface area contributed by atoms with E-state index >= 15 is 0 Å². The zero-order chi connectivity index (χ0) is 16.1. The van der Waals surface area contributed by atoms with E-state index in [0.717, 1.165) is 0 Å². The van der Waals surface area contributed by atoms with Crippen LogP contribution in [0.5, 0.6) is 11.5 Å². The van der Waals surface area contributed by atoms with Crippen LogP contribution < -0.4 is 20.3 Å². The molecule has 116 valence electrons. The summed E-state index contributed by atoms with van der Waals surface area (Å²) in [4.78, 5) is 24.4. The van der Waals surface area contributed by atoms with Crippen LogP contribution in [-0.4, -0.2) is 26.0 Å². The summed E-state index contributed by atoms with van der Waals surface area (Å²) in [5, 5.41) is 1.78. The SMILES string of the molecule is COc1cc(C(=O)NNC(=O)c2cccs2)cc(OC)c1Br. The Balaban J connectivity index is 2.11. The molecule has 8 heteroatoms. The highest BCUT2D eigenvalue weighted by molar-refractivity contribution is 9.10. The van der Waals surface area contributed by atoms with E-state index in [9.17, 15) is 9.59 Å². The number of ether oxygens (including phenoxy) is 2. The largest absolute Gasteiger partial charge is 0.495 e. The Morgan fingerprint density at radius 3 is 2.18 bits per heavy atom. The lowest BCUT2D eigenvalue weighted by atomic mass is 10.2. The van der Waals surface area contributed by atoms with Crippen LogP contribution >= 0.6 is 27.3 Å². The minimum atomic E-state index is -0.478. The molecule has 2 rings (SSSR count). The van der Waals surface area contributed by atoms with Gasteiger partial charge in [-0.3, -0.25) is 20.4 Å². The molecule has 6 nitrogen and oxygen atoms in total. The minimum absolute atomic E-state index is 0.295. The van der Waals surface area contributed by atoms with Gasteiger partial charge >= 0.3 is 0 Å². The molecule has 2 aromatic rings. The van der Waals surface area contributed by atoms with Gasteiger partial charge in [0.2, 0.25) is 0 Å². The first kappa shape index (κ1) is 16.3. The van der Waals surface area contributed by atoms with E-state index < -0.39 is 5.91 Å². The zero-order valence-corrected chi connectivity index (χ0v) is 14.2. The lowest BCUT2D eigenvalue weighted by molar-refractivity contribution is 0.0848. The highest BCUT2D eigenvalue weighted by Crippen LogP contribution is 2.35. The molecule has 22 heavy (non-hydrogen) atoms. The maximum Gasteiger partial charge on any atom is 0.279 e. The summed E-state index contributed by atoms with van der Waals surface area (Å²) in [5.74, 6) is 0.0524. The highest BCUT2D eigenvalue weighted by atomic mass is 79.9. The molecule has 0 aliphatic carbocycles. The summed E-state index contributed by atoms with van der Waals surface area (Å²) in [6.07, 6.45) is 0. The van der Waals surface area contributed by atoms with Crippen molar-refractivity contribution in [2.24, 2.45) is 0 Å². The fourth-order valence-electron chi connectivity index (χ4n) is 1.66. The fourth-order valence-corrected chi connectivity index (χ4v) is 2.83. The monoisotopic (exact) mass is 384 g/mol. The number of carbonyl (C=O) groups excluding carboxylic acids is 2. The molecule has 2 N–H and O–H groups in total. The Hall–Kier alpha value is -2.06. The van der Waals surface area contributed by atoms with Crippen LogP contribution in [-0.2, 0) is 0 Å². The summed E-state index contributed by atoms with van der Waals surface area (Å²) in [5.41, 5.74) is 5.00. The van der Waals surface area contributed by atoms with Gasteiger partial charge in [0.25, 0.3) is 11.8 Å². The van der Waals surface area contributed by atoms with Gasteiger partial charge < -0.3 is 9.47 Å². The summed E-state index contributed by atoms with van der Waals surface area (Å²) in [6.45, 7) is 0. The van der Waals surface area contributed by atoms with Crippen LogP contribution in [0.1, 0.15) is 20.0 Å². The van der Waals surface area contributed by atoms with Crippen molar-refractivity contribution in [2.75, 3.05) is 14.2 Å². The Morgan fingerprint density at radius 2 is 1.68 bits per heavy atom. The van der Waals surface area contributed by atoms with Crippen LogP contribution in [0, 0.1) is 0 Å². The van der Waals surface area contributed by atoms with Gasteiger partial charge in [-0.15, -0.1) is 11.3 Å². The number of methoxy groups -OCH3 is 2. The van der Waals surface area contributed by atoms with E-state index in [-0.39, 0.29) is 5.91 Å². The second kappa shape index (κ2) is 7.28. The molecule has 0 bridgehead atoms. The van der Waals surface area contributed by atoms with Crippen LogP contribution in [0.3, 0.4) is 0 Å². The number of carbonyl (C=O) groups is 2. The number of benzene rings is 1. The quantitative estimate of drug-likeness (QED) is 0.794. The zero-order valence-electron chi connectivity index (χ0n) is 11.8. The second-order valence-electron chi connectivity index (χ2n) is 4.08. The average molecular weight is 385 g/mol. The van der Waals surface area contributed by atoms with E-state index in [2.05, 4.69) is 26.8 Å². The Kier molecular flexibility index (Phi) is 5.40. The maximum atomic E-state index is 12.1. The predicted octanol–water partition coefficient (Wildman–Crippen LogP) is 2.60. The number of amides is 2. The van der Waals surface area contributed by atoms with Crippen LogP contribution in [0.4, 0.5) is 0 Å². The molecule has 0 unspecified atom stereocenters.